The number of allylic oxidation sites excluding steroid dienone is 1. The number of amides is 2. The molecule has 7 heteroatoms. The Morgan fingerprint density at radius 2 is 1.36 bits per heavy atom. The lowest BCUT2D eigenvalue weighted by atomic mass is 10.1. The molecule has 5 nitrogen and oxygen atoms in total. The average Bonchev–Trinajstić information content (AvgIpc) is 2.94. The highest BCUT2D eigenvalue weighted by atomic mass is 35.5. The van der Waals surface area contributed by atoms with Crippen LogP contribution in [0.3, 0.4) is 0 Å². The maximum Gasteiger partial charge on any atom is 0.272 e. The topological polar surface area (TPSA) is 75.3 Å². The monoisotopic (exact) mass is 554 g/mol. The Balaban J connectivity index is 1.51. The third kappa shape index (κ3) is 7.32. The standard InChI is InChI=1S/C32H24Cl2N2O3/c1-21-8-5-6-11-24(21)20-29(36-31(38)23-9-3-2-4-10-23)32(39)35-25-16-14-22(15-17-25)30(37)19-18-26-27(33)12-7-13-28(26)34/h2-20H,1H3,(H,35,39)(H,36,38)/b19-18+,29-20-. The van der Waals surface area contributed by atoms with E-state index in [-0.39, 0.29) is 11.5 Å². The zero-order valence-electron chi connectivity index (χ0n) is 21.0. The van der Waals surface area contributed by atoms with Crippen LogP contribution in [-0.4, -0.2) is 17.6 Å². The molecule has 0 aliphatic heterocycles. The Bertz CT molecular complexity index is 1560. The van der Waals surface area contributed by atoms with E-state index < -0.39 is 11.8 Å². The number of benzene rings is 4. The van der Waals surface area contributed by atoms with Crippen molar-refractivity contribution in [2.75, 3.05) is 5.32 Å². The number of carbonyl (C=O) groups is 3. The second kappa shape index (κ2) is 12.9. The number of carbonyl (C=O) groups excluding carboxylic acids is 3. The summed E-state index contributed by atoms with van der Waals surface area (Å²) in [6.07, 6.45) is 4.59. The third-order valence-electron chi connectivity index (χ3n) is 5.85. The van der Waals surface area contributed by atoms with Gasteiger partial charge in [0.05, 0.1) is 0 Å². The fourth-order valence-electron chi connectivity index (χ4n) is 3.69. The quantitative estimate of drug-likeness (QED) is 0.174. The van der Waals surface area contributed by atoms with Gasteiger partial charge in [0.2, 0.25) is 0 Å². The molecule has 0 aliphatic rings. The van der Waals surface area contributed by atoms with Crippen molar-refractivity contribution in [3.8, 4) is 0 Å². The number of halogens is 2. The minimum atomic E-state index is -0.505. The first-order valence-corrected chi connectivity index (χ1v) is 12.8. The van der Waals surface area contributed by atoms with Gasteiger partial charge in [-0.3, -0.25) is 14.4 Å². The zero-order chi connectivity index (χ0) is 27.8. The average molecular weight is 555 g/mol. The number of hydrogen-bond donors (Lipinski definition) is 2. The number of nitrogens with one attached hydrogen (secondary N) is 2. The Labute approximate surface area is 236 Å². The molecule has 0 heterocycles. The molecule has 4 rings (SSSR count). The summed E-state index contributed by atoms with van der Waals surface area (Å²) in [6, 6.07) is 27.7. The van der Waals surface area contributed by atoms with Crippen LogP contribution in [0.5, 0.6) is 0 Å². The lowest BCUT2D eigenvalue weighted by Crippen LogP contribution is -2.30. The van der Waals surface area contributed by atoms with Crippen molar-refractivity contribution in [1.29, 1.82) is 0 Å². The van der Waals surface area contributed by atoms with E-state index in [4.69, 9.17) is 23.2 Å². The van der Waals surface area contributed by atoms with E-state index in [0.29, 0.717) is 32.4 Å². The van der Waals surface area contributed by atoms with Crippen LogP contribution in [0.25, 0.3) is 12.2 Å². The number of hydrogen-bond acceptors (Lipinski definition) is 3. The maximum atomic E-state index is 13.2. The number of anilines is 1. The predicted octanol–water partition coefficient (Wildman–Crippen LogP) is 7.61. The van der Waals surface area contributed by atoms with Gasteiger partial charge in [-0.15, -0.1) is 0 Å². The normalized spacial score (nSPS) is 11.3. The highest BCUT2D eigenvalue weighted by Crippen LogP contribution is 2.25. The molecule has 0 bridgehead atoms. The van der Waals surface area contributed by atoms with E-state index >= 15 is 0 Å². The molecule has 0 saturated carbocycles. The number of rotatable bonds is 8. The Hall–Kier alpha value is -4.45. The Kier molecular flexibility index (Phi) is 9.10. The highest BCUT2D eigenvalue weighted by molar-refractivity contribution is 6.37. The van der Waals surface area contributed by atoms with Gasteiger partial charge < -0.3 is 10.6 Å². The van der Waals surface area contributed by atoms with E-state index in [2.05, 4.69) is 10.6 Å². The molecule has 0 unspecified atom stereocenters. The van der Waals surface area contributed by atoms with Crippen LogP contribution < -0.4 is 10.6 Å². The number of ketones is 1. The van der Waals surface area contributed by atoms with Crippen LogP contribution in [0.1, 0.15) is 37.4 Å². The second-order valence-electron chi connectivity index (χ2n) is 8.60. The molecule has 4 aromatic carbocycles. The van der Waals surface area contributed by atoms with Crippen molar-refractivity contribution in [2.45, 2.75) is 6.92 Å². The van der Waals surface area contributed by atoms with Crippen LogP contribution in [0.15, 0.2) is 109 Å². The molecule has 2 N–H and O–H groups in total. The number of aryl methyl sites for hydroxylation is 1. The van der Waals surface area contributed by atoms with Crippen molar-refractivity contribution in [3.05, 3.63) is 147 Å². The van der Waals surface area contributed by atoms with Gasteiger partial charge in [0.15, 0.2) is 5.78 Å². The molecule has 4 aromatic rings. The molecule has 194 valence electrons. The Morgan fingerprint density at radius 1 is 0.718 bits per heavy atom. The summed E-state index contributed by atoms with van der Waals surface area (Å²) < 4.78 is 0. The summed E-state index contributed by atoms with van der Waals surface area (Å²) in [5, 5.41) is 6.40. The van der Waals surface area contributed by atoms with Gasteiger partial charge in [-0.25, -0.2) is 0 Å². The van der Waals surface area contributed by atoms with E-state index in [9.17, 15) is 14.4 Å². The molecule has 0 radical (unpaired) electrons. The van der Waals surface area contributed by atoms with Crippen LogP contribution in [0.4, 0.5) is 5.69 Å². The van der Waals surface area contributed by atoms with Gasteiger partial charge in [0.25, 0.3) is 11.8 Å². The summed E-state index contributed by atoms with van der Waals surface area (Å²) in [4.78, 5) is 38.7. The molecule has 39 heavy (non-hydrogen) atoms. The molecule has 0 aliphatic carbocycles. The van der Waals surface area contributed by atoms with Gasteiger partial charge in [-0.2, -0.15) is 0 Å². The fourth-order valence-corrected chi connectivity index (χ4v) is 4.21. The molecule has 0 spiro atoms. The van der Waals surface area contributed by atoms with Crippen molar-refractivity contribution in [3.63, 3.8) is 0 Å². The van der Waals surface area contributed by atoms with E-state index in [1.54, 1.807) is 78.9 Å². The second-order valence-corrected chi connectivity index (χ2v) is 9.41. The summed E-state index contributed by atoms with van der Waals surface area (Å²) in [5.74, 6) is -1.16. The van der Waals surface area contributed by atoms with E-state index in [1.165, 1.54) is 6.08 Å². The highest BCUT2D eigenvalue weighted by Gasteiger charge is 2.16. The van der Waals surface area contributed by atoms with Crippen molar-refractivity contribution < 1.29 is 14.4 Å². The minimum Gasteiger partial charge on any atom is -0.321 e. The smallest absolute Gasteiger partial charge is 0.272 e. The van der Waals surface area contributed by atoms with Gasteiger partial charge in [0.1, 0.15) is 5.70 Å². The molecule has 0 fully saturated rings. The first kappa shape index (κ1) is 27.6. The third-order valence-corrected chi connectivity index (χ3v) is 6.50. The Morgan fingerprint density at radius 3 is 2.03 bits per heavy atom. The molecule has 0 atom stereocenters. The molecule has 2 amide bonds. The van der Waals surface area contributed by atoms with Crippen LogP contribution in [0, 0.1) is 6.92 Å². The van der Waals surface area contributed by atoms with Crippen LogP contribution in [0.2, 0.25) is 10.0 Å². The molecule has 0 saturated heterocycles. The summed E-state index contributed by atoms with van der Waals surface area (Å²) in [6.45, 7) is 1.92. The molecular weight excluding hydrogens is 531 g/mol. The zero-order valence-corrected chi connectivity index (χ0v) is 22.5. The lowest BCUT2D eigenvalue weighted by molar-refractivity contribution is -0.113. The predicted molar refractivity (Wildman–Crippen MR) is 158 cm³/mol. The van der Waals surface area contributed by atoms with Gasteiger partial charge >= 0.3 is 0 Å². The van der Waals surface area contributed by atoms with Gasteiger partial charge in [0, 0.05) is 32.4 Å². The van der Waals surface area contributed by atoms with Crippen LogP contribution >= 0.6 is 23.2 Å². The fraction of sp³-hybridized carbons (Fsp3) is 0.0312. The first-order chi connectivity index (χ1) is 18.8. The van der Waals surface area contributed by atoms with Crippen LogP contribution in [-0.2, 0) is 4.79 Å². The lowest BCUT2D eigenvalue weighted by Gasteiger charge is -2.12. The summed E-state index contributed by atoms with van der Waals surface area (Å²) in [5.41, 5.74) is 3.68. The maximum absolute atomic E-state index is 13.2. The molecular formula is C32H24Cl2N2O3. The van der Waals surface area contributed by atoms with Crippen molar-refractivity contribution in [2.24, 2.45) is 0 Å². The minimum absolute atomic E-state index is 0.0813. The van der Waals surface area contributed by atoms with E-state index in [0.717, 1.165) is 11.1 Å². The van der Waals surface area contributed by atoms with E-state index in [1.807, 2.05) is 37.3 Å². The van der Waals surface area contributed by atoms with Crippen molar-refractivity contribution >= 4 is 58.6 Å². The first-order valence-electron chi connectivity index (χ1n) is 12.0. The summed E-state index contributed by atoms with van der Waals surface area (Å²) >= 11 is 12.3. The van der Waals surface area contributed by atoms with Crippen molar-refractivity contribution in [1.82, 2.24) is 5.32 Å². The molecule has 0 aromatic heterocycles. The van der Waals surface area contributed by atoms with Gasteiger partial charge in [-0.05, 0) is 84.8 Å². The SMILES string of the molecule is Cc1ccccc1/C=C(\NC(=O)c1ccccc1)C(=O)Nc1ccc(C(=O)/C=C/c2c(Cl)cccc2Cl)cc1. The summed E-state index contributed by atoms with van der Waals surface area (Å²) in [7, 11) is 0. The largest absolute Gasteiger partial charge is 0.321 e. The van der Waals surface area contributed by atoms with Gasteiger partial charge in [-0.1, -0.05) is 71.7 Å².